The molecule has 8 heteroatoms. The number of thioether (sulfide) groups is 1. The maximum atomic E-state index is 13.2. The van der Waals surface area contributed by atoms with E-state index in [1.807, 2.05) is 59.0 Å². The van der Waals surface area contributed by atoms with Crippen molar-refractivity contribution in [2.75, 3.05) is 5.32 Å². The number of fused-ring (bicyclic) bond motifs is 3. The molecule has 0 saturated carbocycles. The van der Waals surface area contributed by atoms with E-state index in [1.165, 1.54) is 11.8 Å². The Labute approximate surface area is 182 Å². The van der Waals surface area contributed by atoms with E-state index in [1.54, 1.807) is 13.0 Å². The van der Waals surface area contributed by atoms with Crippen LogP contribution < -0.4 is 5.32 Å². The van der Waals surface area contributed by atoms with Gasteiger partial charge in [-0.1, -0.05) is 65.4 Å². The van der Waals surface area contributed by atoms with Crippen LogP contribution in [0.1, 0.15) is 22.1 Å². The molecule has 154 valence electrons. The van der Waals surface area contributed by atoms with Crippen molar-refractivity contribution in [1.29, 1.82) is 0 Å². The molecular weight excluding hydrogens is 410 g/mol. The van der Waals surface area contributed by atoms with E-state index >= 15 is 0 Å². The zero-order valence-corrected chi connectivity index (χ0v) is 17.8. The van der Waals surface area contributed by atoms with Crippen molar-refractivity contribution in [2.24, 2.45) is 0 Å². The van der Waals surface area contributed by atoms with Crippen LogP contribution in [0.5, 0.6) is 0 Å². The summed E-state index contributed by atoms with van der Waals surface area (Å²) in [6.07, 6.45) is 0. The van der Waals surface area contributed by atoms with E-state index in [4.69, 9.17) is 4.52 Å². The number of nitrogens with zero attached hydrogens (tertiary/aromatic N) is 4. The van der Waals surface area contributed by atoms with Crippen LogP contribution in [0.25, 0.3) is 16.6 Å². The summed E-state index contributed by atoms with van der Waals surface area (Å²) in [7, 11) is 0. The predicted molar refractivity (Wildman–Crippen MR) is 120 cm³/mol. The number of hydrogen-bond acceptors (Lipinski definition) is 6. The van der Waals surface area contributed by atoms with Gasteiger partial charge in [-0.2, -0.15) is 0 Å². The molecule has 5 rings (SSSR count). The molecule has 0 bridgehead atoms. The van der Waals surface area contributed by atoms with Crippen molar-refractivity contribution in [3.63, 3.8) is 0 Å². The van der Waals surface area contributed by atoms with E-state index < -0.39 is 5.25 Å². The second-order valence-electron chi connectivity index (χ2n) is 7.24. The average Bonchev–Trinajstić information content (AvgIpc) is 3.38. The van der Waals surface area contributed by atoms with Crippen LogP contribution in [0.4, 0.5) is 5.82 Å². The Balaban J connectivity index is 1.57. The first-order valence-corrected chi connectivity index (χ1v) is 10.7. The number of amides is 1. The van der Waals surface area contributed by atoms with Gasteiger partial charge >= 0.3 is 0 Å². The molecule has 0 aliphatic rings. The van der Waals surface area contributed by atoms with Gasteiger partial charge in [-0.15, -0.1) is 10.2 Å². The lowest BCUT2D eigenvalue weighted by atomic mass is 10.1. The van der Waals surface area contributed by atoms with Crippen molar-refractivity contribution < 1.29 is 9.32 Å². The molecule has 3 aromatic heterocycles. The normalized spacial score (nSPS) is 12.3. The van der Waals surface area contributed by atoms with E-state index in [0.29, 0.717) is 16.7 Å². The summed E-state index contributed by atoms with van der Waals surface area (Å²) in [5.41, 5.74) is 3.74. The minimum atomic E-state index is -0.550. The Morgan fingerprint density at radius 1 is 1.03 bits per heavy atom. The second-order valence-corrected chi connectivity index (χ2v) is 8.31. The van der Waals surface area contributed by atoms with Gasteiger partial charge < -0.3 is 9.84 Å². The van der Waals surface area contributed by atoms with E-state index in [2.05, 4.69) is 33.7 Å². The van der Waals surface area contributed by atoms with Gasteiger partial charge in [-0.05, 0) is 37.1 Å². The van der Waals surface area contributed by atoms with Crippen LogP contribution in [0, 0.1) is 13.8 Å². The number of aromatic nitrogens is 4. The van der Waals surface area contributed by atoms with E-state index in [-0.39, 0.29) is 5.91 Å². The average molecular weight is 430 g/mol. The molecule has 2 aromatic carbocycles. The molecule has 31 heavy (non-hydrogen) atoms. The number of para-hydroxylation sites is 1. The molecule has 1 atom stereocenters. The number of anilines is 1. The van der Waals surface area contributed by atoms with Gasteiger partial charge in [-0.25, -0.2) is 0 Å². The smallest absolute Gasteiger partial charge is 0.243 e. The third-order valence-corrected chi connectivity index (χ3v) is 6.21. The van der Waals surface area contributed by atoms with Gasteiger partial charge in [0, 0.05) is 11.5 Å². The van der Waals surface area contributed by atoms with Crippen LogP contribution in [0.15, 0.2) is 76.4 Å². The Morgan fingerprint density at radius 3 is 2.58 bits per heavy atom. The molecule has 0 radical (unpaired) electrons. The van der Waals surface area contributed by atoms with Crippen LogP contribution in [0.2, 0.25) is 0 Å². The van der Waals surface area contributed by atoms with Crippen molar-refractivity contribution in [3.05, 3.63) is 83.6 Å². The summed E-state index contributed by atoms with van der Waals surface area (Å²) in [6, 6.07) is 21.4. The molecule has 3 heterocycles. The highest BCUT2D eigenvalue weighted by Crippen LogP contribution is 2.37. The van der Waals surface area contributed by atoms with Crippen LogP contribution in [-0.2, 0) is 4.79 Å². The van der Waals surface area contributed by atoms with Crippen molar-refractivity contribution in [3.8, 4) is 0 Å². The Kier molecular flexibility index (Phi) is 4.91. The second kappa shape index (κ2) is 7.88. The first-order valence-electron chi connectivity index (χ1n) is 9.79. The maximum absolute atomic E-state index is 13.2. The standard InChI is InChI=1S/C23H19N5O2S/c1-14-12-20-25-26-23(28(20)18-11-7-6-10-17(14)18)31-21(16-8-4-3-5-9-16)22(29)24-19-13-15(2)30-27-19/h3-13,21H,1-2H3,(H,24,27,29). The summed E-state index contributed by atoms with van der Waals surface area (Å²) in [5.74, 6) is 0.804. The monoisotopic (exact) mass is 429 g/mol. The zero-order valence-electron chi connectivity index (χ0n) is 16.9. The highest BCUT2D eigenvalue weighted by Gasteiger charge is 2.26. The Bertz CT molecular complexity index is 1390. The van der Waals surface area contributed by atoms with Gasteiger partial charge in [0.15, 0.2) is 16.6 Å². The zero-order chi connectivity index (χ0) is 21.4. The Morgan fingerprint density at radius 2 is 1.81 bits per heavy atom. The first-order chi connectivity index (χ1) is 15.1. The molecular formula is C23H19N5O2S. The number of rotatable bonds is 5. The first kappa shape index (κ1) is 19.3. The summed E-state index contributed by atoms with van der Waals surface area (Å²) >= 11 is 1.35. The molecule has 1 amide bonds. The van der Waals surface area contributed by atoms with Crippen molar-refractivity contribution in [1.82, 2.24) is 19.8 Å². The summed E-state index contributed by atoms with van der Waals surface area (Å²) in [6.45, 7) is 3.84. The highest BCUT2D eigenvalue weighted by molar-refractivity contribution is 8.00. The number of benzene rings is 2. The summed E-state index contributed by atoms with van der Waals surface area (Å²) in [5, 5.41) is 16.7. The molecule has 1 N–H and O–H groups in total. The van der Waals surface area contributed by atoms with Crippen LogP contribution >= 0.6 is 11.8 Å². The minimum absolute atomic E-state index is 0.210. The quantitative estimate of drug-likeness (QED) is 0.398. The predicted octanol–water partition coefficient (Wildman–Crippen LogP) is 4.96. The lowest BCUT2D eigenvalue weighted by molar-refractivity contribution is -0.115. The molecule has 0 aliphatic carbocycles. The number of aryl methyl sites for hydroxylation is 2. The van der Waals surface area contributed by atoms with Crippen molar-refractivity contribution >= 4 is 40.0 Å². The third-order valence-electron chi connectivity index (χ3n) is 5.02. The Hall–Kier alpha value is -3.65. The molecule has 5 aromatic rings. The third kappa shape index (κ3) is 3.66. The fourth-order valence-electron chi connectivity index (χ4n) is 3.57. The largest absolute Gasteiger partial charge is 0.360 e. The number of hydrogen-bond donors (Lipinski definition) is 1. The van der Waals surface area contributed by atoms with Crippen LogP contribution in [-0.4, -0.2) is 25.7 Å². The van der Waals surface area contributed by atoms with Gasteiger partial charge in [0.05, 0.1) is 5.52 Å². The lowest BCUT2D eigenvalue weighted by Crippen LogP contribution is -2.19. The van der Waals surface area contributed by atoms with E-state index in [0.717, 1.165) is 27.7 Å². The maximum Gasteiger partial charge on any atom is 0.243 e. The topological polar surface area (TPSA) is 85.3 Å². The summed E-state index contributed by atoms with van der Waals surface area (Å²) in [4.78, 5) is 13.2. The van der Waals surface area contributed by atoms with Crippen LogP contribution in [0.3, 0.4) is 0 Å². The molecule has 0 spiro atoms. The van der Waals surface area contributed by atoms with E-state index in [9.17, 15) is 4.79 Å². The summed E-state index contributed by atoms with van der Waals surface area (Å²) < 4.78 is 7.07. The number of nitrogens with one attached hydrogen (secondary N) is 1. The number of carbonyl (C=O) groups excluding carboxylic acids is 1. The SMILES string of the molecule is Cc1cc(NC(=O)C(Sc2nnc3cc(C)c4ccccc4n23)c2ccccc2)no1. The molecule has 7 nitrogen and oxygen atoms in total. The van der Waals surface area contributed by atoms with Gasteiger partial charge in [-0.3, -0.25) is 9.20 Å². The van der Waals surface area contributed by atoms with Gasteiger partial charge in [0.1, 0.15) is 11.0 Å². The highest BCUT2D eigenvalue weighted by atomic mass is 32.2. The fraction of sp³-hybridized carbons (Fsp3) is 0.130. The number of pyridine rings is 1. The molecule has 1 unspecified atom stereocenters. The number of carbonyl (C=O) groups is 1. The molecule has 0 fully saturated rings. The minimum Gasteiger partial charge on any atom is -0.360 e. The van der Waals surface area contributed by atoms with Gasteiger partial charge in [0.25, 0.3) is 0 Å². The van der Waals surface area contributed by atoms with Crippen molar-refractivity contribution in [2.45, 2.75) is 24.3 Å². The molecule has 0 aliphatic heterocycles. The van der Waals surface area contributed by atoms with Gasteiger partial charge in [0.2, 0.25) is 5.91 Å². The fourth-order valence-corrected chi connectivity index (χ4v) is 4.63. The molecule has 0 saturated heterocycles. The lowest BCUT2D eigenvalue weighted by Gasteiger charge is -2.15.